The van der Waals surface area contributed by atoms with E-state index in [1.54, 1.807) is 20.8 Å². The van der Waals surface area contributed by atoms with E-state index in [4.69, 9.17) is 11.6 Å². The second kappa shape index (κ2) is 5.02. The Kier molecular flexibility index (Phi) is 4.11. The summed E-state index contributed by atoms with van der Waals surface area (Å²) in [5.74, 6) is -0.942. The lowest BCUT2D eigenvalue weighted by molar-refractivity contribution is 0.0709. The summed E-state index contributed by atoms with van der Waals surface area (Å²) in [6.07, 6.45) is -0.717. The number of halogens is 2. The highest BCUT2D eigenvalue weighted by molar-refractivity contribution is 6.33. The van der Waals surface area contributed by atoms with Gasteiger partial charge in [0.25, 0.3) is 5.91 Å². The zero-order chi connectivity index (χ0) is 13.2. The molecule has 17 heavy (non-hydrogen) atoms. The van der Waals surface area contributed by atoms with Gasteiger partial charge in [-0.3, -0.25) is 4.79 Å². The Hall–Kier alpha value is -1.13. The maximum absolute atomic E-state index is 12.8. The Morgan fingerprint density at radius 2 is 2.12 bits per heavy atom. The molecular formula is C12H15ClFNO2. The van der Waals surface area contributed by atoms with Crippen molar-refractivity contribution in [1.29, 1.82) is 0 Å². The molecule has 0 aliphatic heterocycles. The fourth-order valence-electron chi connectivity index (χ4n) is 1.14. The van der Waals surface area contributed by atoms with Crippen molar-refractivity contribution in [3.63, 3.8) is 0 Å². The van der Waals surface area contributed by atoms with Crippen LogP contribution in [0.3, 0.4) is 0 Å². The summed E-state index contributed by atoms with van der Waals surface area (Å²) in [5, 5.41) is 12.2. The average Bonchev–Trinajstić information content (AvgIpc) is 2.15. The summed E-state index contributed by atoms with van der Waals surface area (Å²) in [7, 11) is 0. The molecular weight excluding hydrogens is 245 g/mol. The summed E-state index contributed by atoms with van der Waals surface area (Å²) < 4.78 is 12.8. The van der Waals surface area contributed by atoms with Gasteiger partial charge in [0, 0.05) is 0 Å². The molecule has 0 radical (unpaired) electrons. The first kappa shape index (κ1) is 13.9. The third kappa shape index (κ3) is 3.41. The smallest absolute Gasteiger partial charge is 0.253 e. The second-order valence-corrected chi connectivity index (χ2v) is 4.88. The third-order valence-corrected chi connectivity index (χ3v) is 2.97. The first-order valence-corrected chi connectivity index (χ1v) is 5.57. The highest BCUT2D eigenvalue weighted by atomic mass is 35.5. The van der Waals surface area contributed by atoms with E-state index < -0.39 is 23.4 Å². The van der Waals surface area contributed by atoms with E-state index in [0.29, 0.717) is 0 Å². The first-order valence-electron chi connectivity index (χ1n) is 5.19. The van der Waals surface area contributed by atoms with Crippen LogP contribution in [-0.2, 0) is 0 Å². The van der Waals surface area contributed by atoms with Crippen LogP contribution in [0.25, 0.3) is 0 Å². The zero-order valence-corrected chi connectivity index (χ0v) is 10.7. The van der Waals surface area contributed by atoms with Gasteiger partial charge < -0.3 is 10.4 Å². The number of aliphatic hydroxyl groups excluding tert-OH is 1. The number of carbonyl (C=O) groups excluding carboxylic acids is 1. The summed E-state index contributed by atoms with van der Waals surface area (Å²) in [6, 6.07) is 3.55. The molecule has 0 aliphatic carbocycles. The van der Waals surface area contributed by atoms with Crippen molar-refractivity contribution >= 4 is 17.5 Å². The molecule has 94 valence electrons. The van der Waals surface area contributed by atoms with Crippen molar-refractivity contribution in [3.8, 4) is 0 Å². The van der Waals surface area contributed by atoms with Crippen molar-refractivity contribution in [3.05, 3.63) is 34.6 Å². The standard InChI is InChI=1S/C12H15ClFNO2/c1-7(16)12(2,3)15-11(17)9-5-4-8(14)6-10(9)13/h4-7,16H,1-3H3,(H,15,17). The second-order valence-electron chi connectivity index (χ2n) is 4.48. The van der Waals surface area contributed by atoms with Gasteiger partial charge in [0.05, 0.1) is 22.2 Å². The van der Waals surface area contributed by atoms with Crippen LogP contribution >= 0.6 is 11.6 Å². The van der Waals surface area contributed by atoms with Crippen molar-refractivity contribution < 1.29 is 14.3 Å². The molecule has 1 aromatic rings. The number of benzene rings is 1. The van der Waals surface area contributed by atoms with Crippen molar-refractivity contribution in [2.45, 2.75) is 32.4 Å². The van der Waals surface area contributed by atoms with E-state index in [1.165, 1.54) is 6.07 Å². The Morgan fingerprint density at radius 1 is 1.53 bits per heavy atom. The minimum atomic E-state index is -0.783. The van der Waals surface area contributed by atoms with Crippen LogP contribution < -0.4 is 5.32 Å². The number of rotatable bonds is 3. The SMILES string of the molecule is CC(O)C(C)(C)NC(=O)c1ccc(F)cc1Cl. The largest absolute Gasteiger partial charge is 0.391 e. The van der Waals surface area contributed by atoms with Gasteiger partial charge in [0.2, 0.25) is 0 Å². The highest BCUT2D eigenvalue weighted by Gasteiger charge is 2.27. The quantitative estimate of drug-likeness (QED) is 0.876. The molecule has 5 heteroatoms. The van der Waals surface area contributed by atoms with Gasteiger partial charge in [-0.25, -0.2) is 4.39 Å². The van der Waals surface area contributed by atoms with Crippen LogP contribution in [-0.4, -0.2) is 22.7 Å². The fraction of sp³-hybridized carbons (Fsp3) is 0.417. The molecule has 0 bridgehead atoms. The summed E-state index contributed by atoms with van der Waals surface area (Å²) in [4.78, 5) is 11.9. The molecule has 3 nitrogen and oxygen atoms in total. The molecule has 0 fully saturated rings. The molecule has 0 aliphatic rings. The molecule has 1 aromatic carbocycles. The lowest BCUT2D eigenvalue weighted by Crippen LogP contribution is -2.51. The van der Waals surface area contributed by atoms with Crippen molar-refractivity contribution in [1.82, 2.24) is 5.32 Å². The number of nitrogens with one attached hydrogen (secondary N) is 1. The van der Waals surface area contributed by atoms with E-state index in [-0.39, 0.29) is 10.6 Å². The lowest BCUT2D eigenvalue weighted by atomic mass is 9.98. The topological polar surface area (TPSA) is 49.3 Å². The Bertz CT molecular complexity index is 433. The number of hydrogen-bond donors (Lipinski definition) is 2. The molecule has 1 atom stereocenters. The lowest BCUT2D eigenvalue weighted by Gasteiger charge is -2.29. The minimum Gasteiger partial charge on any atom is -0.391 e. The van der Waals surface area contributed by atoms with Crippen LogP contribution in [0.15, 0.2) is 18.2 Å². The van der Waals surface area contributed by atoms with E-state index in [9.17, 15) is 14.3 Å². The monoisotopic (exact) mass is 259 g/mol. The minimum absolute atomic E-state index is 0.0453. The van der Waals surface area contributed by atoms with Crippen LogP contribution in [0.5, 0.6) is 0 Å². The summed E-state index contributed by atoms with van der Waals surface area (Å²) in [5.41, 5.74) is -0.601. The number of aliphatic hydroxyl groups is 1. The molecule has 1 amide bonds. The third-order valence-electron chi connectivity index (χ3n) is 2.66. The maximum Gasteiger partial charge on any atom is 0.253 e. The van der Waals surface area contributed by atoms with Gasteiger partial charge >= 0.3 is 0 Å². The number of hydrogen-bond acceptors (Lipinski definition) is 2. The predicted molar refractivity (Wildman–Crippen MR) is 64.6 cm³/mol. The predicted octanol–water partition coefficient (Wildman–Crippen LogP) is 2.37. The molecule has 1 unspecified atom stereocenters. The van der Waals surface area contributed by atoms with Crippen molar-refractivity contribution in [2.24, 2.45) is 0 Å². The van der Waals surface area contributed by atoms with Crippen LogP contribution in [0.1, 0.15) is 31.1 Å². The Balaban J connectivity index is 2.91. The van der Waals surface area contributed by atoms with E-state index in [1.807, 2.05) is 0 Å². The molecule has 1 rings (SSSR count). The fourth-order valence-corrected chi connectivity index (χ4v) is 1.39. The molecule has 0 aromatic heterocycles. The molecule has 0 spiro atoms. The summed E-state index contributed by atoms with van der Waals surface area (Å²) >= 11 is 5.77. The number of amides is 1. The Morgan fingerprint density at radius 3 is 2.59 bits per heavy atom. The van der Waals surface area contributed by atoms with E-state index >= 15 is 0 Å². The van der Waals surface area contributed by atoms with Gasteiger partial charge in [-0.2, -0.15) is 0 Å². The Labute approximate surface area is 105 Å². The molecule has 0 saturated carbocycles. The average molecular weight is 260 g/mol. The van der Waals surface area contributed by atoms with E-state index in [2.05, 4.69) is 5.32 Å². The number of carbonyl (C=O) groups is 1. The van der Waals surface area contributed by atoms with Crippen LogP contribution in [0, 0.1) is 5.82 Å². The van der Waals surface area contributed by atoms with Gasteiger partial charge in [0.15, 0.2) is 0 Å². The van der Waals surface area contributed by atoms with Crippen LogP contribution in [0.4, 0.5) is 4.39 Å². The van der Waals surface area contributed by atoms with Crippen molar-refractivity contribution in [2.75, 3.05) is 0 Å². The molecule has 0 heterocycles. The zero-order valence-electron chi connectivity index (χ0n) is 9.92. The van der Waals surface area contributed by atoms with Crippen LogP contribution in [0.2, 0.25) is 5.02 Å². The van der Waals surface area contributed by atoms with E-state index in [0.717, 1.165) is 12.1 Å². The van der Waals surface area contributed by atoms with Gasteiger partial charge in [0.1, 0.15) is 5.82 Å². The molecule has 0 saturated heterocycles. The molecule has 2 N–H and O–H groups in total. The first-order chi connectivity index (χ1) is 7.74. The summed E-state index contributed by atoms with van der Waals surface area (Å²) in [6.45, 7) is 4.95. The van der Waals surface area contributed by atoms with Gasteiger partial charge in [-0.1, -0.05) is 11.6 Å². The highest BCUT2D eigenvalue weighted by Crippen LogP contribution is 2.18. The normalized spacial score (nSPS) is 13.3. The van der Waals surface area contributed by atoms with Gasteiger partial charge in [-0.15, -0.1) is 0 Å². The maximum atomic E-state index is 12.8. The van der Waals surface area contributed by atoms with Gasteiger partial charge in [-0.05, 0) is 39.0 Å².